The lowest BCUT2D eigenvalue weighted by Crippen LogP contribution is -2.31. The van der Waals surface area contributed by atoms with E-state index in [1.807, 2.05) is 0 Å². The van der Waals surface area contributed by atoms with Crippen molar-refractivity contribution >= 4 is 6.08 Å². The Kier molecular flexibility index (Phi) is 7.12. The van der Waals surface area contributed by atoms with Gasteiger partial charge in [0.25, 0.3) is 0 Å². The second-order valence-corrected chi connectivity index (χ2v) is 13.3. The topological polar surface area (TPSA) is 9.23 Å². The van der Waals surface area contributed by atoms with Crippen LogP contribution >= 0.6 is 0 Å². The lowest BCUT2D eigenvalue weighted by Gasteiger charge is -2.41. The average Bonchev–Trinajstić information content (AvgIpc) is 3.23. The maximum Gasteiger partial charge on any atom is 0.0930 e. The lowest BCUT2D eigenvalue weighted by atomic mass is 9.63. The lowest BCUT2D eigenvalue weighted by molar-refractivity contribution is -0.0416. The van der Waals surface area contributed by atoms with Crippen LogP contribution in [0.4, 0.5) is 0 Å². The quantitative estimate of drug-likeness (QED) is 0.353. The summed E-state index contributed by atoms with van der Waals surface area (Å²) in [4.78, 5) is 0. The minimum Gasteiger partial charge on any atom is -0.367 e. The fourth-order valence-electron chi connectivity index (χ4n) is 8.72. The van der Waals surface area contributed by atoms with Crippen LogP contribution in [-0.4, -0.2) is 11.7 Å². The molecule has 3 saturated carbocycles. The van der Waals surface area contributed by atoms with Crippen LogP contribution in [0.25, 0.3) is 6.08 Å². The third-order valence-corrected chi connectivity index (χ3v) is 10.9. The van der Waals surface area contributed by atoms with Crippen molar-refractivity contribution in [3.63, 3.8) is 0 Å². The van der Waals surface area contributed by atoms with E-state index in [4.69, 9.17) is 4.74 Å². The average molecular weight is 497 g/mol. The van der Waals surface area contributed by atoms with Crippen molar-refractivity contribution in [3.8, 4) is 0 Å². The molecule has 6 rings (SSSR count). The summed E-state index contributed by atoms with van der Waals surface area (Å²) in [5.41, 5.74) is 6.43. The molecule has 1 nitrogen and oxygen atoms in total. The molecule has 0 N–H and O–H groups in total. The van der Waals surface area contributed by atoms with Gasteiger partial charge in [0.15, 0.2) is 0 Å². The van der Waals surface area contributed by atoms with Gasteiger partial charge in [-0.05, 0) is 90.9 Å². The molecule has 4 aliphatic carbocycles. The maximum atomic E-state index is 6.96. The molecule has 2 aromatic carbocycles. The van der Waals surface area contributed by atoms with Gasteiger partial charge in [0.1, 0.15) is 0 Å². The molecule has 37 heavy (non-hydrogen) atoms. The molecule has 1 heteroatoms. The highest BCUT2D eigenvalue weighted by Gasteiger charge is 2.64. The minimum atomic E-state index is -0.0507. The standard InChI is InChI=1S/C36H48O/c1-4-21-35(3)25-36(35,37-29-14-9-6-10-15-29)22-20-28-18-19-30-26(2)33(23-27-12-7-5-8-13-27)31-16-11-17-32(31)34(30)24-28/h5,7-8,12-13,18-20,22,24,26,29,31-33H,4,6,9-11,14-17,21,23,25H2,1-3H3. The highest BCUT2D eigenvalue weighted by atomic mass is 16.5. The molecule has 0 radical (unpaired) electrons. The van der Waals surface area contributed by atoms with Gasteiger partial charge in [-0.25, -0.2) is 0 Å². The van der Waals surface area contributed by atoms with Gasteiger partial charge < -0.3 is 4.74 Å². The summed E-state index contributed by atoms with van der Waals surface area (Å²) in [7, 11) is 0. The van der Waals surface area contributed by atoms with Crippen molar-refractivity contribution in [2.75, 3.05) is 0 Å². The fraction of sp³-hybridized carbons (Fsp3) is 0.611. The van der Waals surface area contributed by atoms with E-state index in [9.17, 15) is 0 Å². The summed E-state index contributed by atoms with van der Waals surface area (Å²) in [6.07, 6.45) is 21.0. The Balaban J connectivity index is 1.25. The summed E-state index contributed by atoms with van der Waals surface area (Å²) >= 11 is 0. The number of benzene rings is 2. The van der Waals surface area contributed by atoms with Gasteiger partial charge in [-0.3, -0.25) is 0 Å². The summed E-state index contributed by atoms with van der Waals surface area (Å²) in [6, 6.07) is 18.7. The molecule has 4 aliphatic rings. The van der Waals surface area contributed by atoms with Crippen molar-refractivity contribution < 1.29 is 4.74 Å². The molecule has 0 saturated heterocycles. The Morgan fingerprint density at radius 2 is 1.73 bits per heavy atom. The highest BCUT2D eigenvalue weighted by Crippen LogP contribution is 2.63. The van der Waals surface area contributed by atoms with Gasteiger partial charge in [0.05, 0.1) is 11.7 Å². The Hall–Kier alpha value is -1.86. The maximum absolute atomic E-state index is 6.96. The molecule has 3 fully saturated rings. The molecule has 6 unspecified atom stereocenters. The van der Waals surface area contributed by atoms with E-state index in [1.54, 1.807) is 11.1 Å². The van der Waals surface area contributed by atoms with Gasteiger partial charge in [0.2, 0.25) is 0 Å². The van der Waals surface area contributed by atoms with E-state index in [1.165, 1.54) is 88.2 Å². The second-order valence-electron chi connectivity index (χ2n) is 13.3. The van der Waals surface area contributed by atoms with E-state index in [2.05, 4.69) is 81.5 Å². The summed E-state index contributed by atoms with van der Waals surface area (Å²) < 4.78 is 6.96. The first kappa shape index (κ1) is 25.4. The van der Waals surface area contributed by atoms with E-state index >= 15 is 0 Å². The number of hydrogen-bond acceptors (Lipinski definition) is 1. The Labute approximate surface area is 226 Å². The number of rotatable bonds is 8. The molecule has 0 bridgehead atoms. The summed E-state index contributed by atoms with van der Waals surface area (Å²) in [6.45, 7) is 7.30. The Bertz CT molecular complexity index is 1090. The van der Waals surface area contributed by atoms with Crippen LogP contribution in [0.3, 0.4) is 0 Å². The van der Waals surface area contributed by atoms with E-state index in [-0.39, 0.29) is 5.60 Å². The van der Waals surface area contributed by atoms with Crippen molar-refractivity contribution in [1.29, 1.82) is 0 Å². The molecular weight excluding hydrogens is 448 g/mol. The van der Waals surface area contributed by atoms with Gasteiger partial charge in [-0.15, -0.1) is 0 Å². The monoisotopic (exact) mass is 496 g/mol. The molecular formula is C36H48O. The van der Waals surface area contributed by atoms with Gasteiger partial charge >= 0.3 is 0 Å². The van der Waals surface area contributed by atoms with Crippen LogP contribution in [0.5, 0.6) is 0 Å². The smallest absolute Gasteiger partial charge is 0.0930 e. The number of hydrogen-bond donors (Lipinski definition) is 0. The van der Waals surface area contributed by atoms with Crippen molar-refractivity contribution in [2.45, 2.75) is 121 Å². The number of ether oxygens (including phenoxy) is 1. The highest BCUT2D eigenvalue weighted by molar-refractivity contribution is 5.56. The van der Waals surface area contributed by atoms with Crippen LogP contribution in [0.2, 0.25) is 0 Å². The van der Waals surface area contributed by atoms with Crippen LogP contribution in [0.15, 0.2) is 54.6 Å². The Morgan fingerprint density at radius 3 is 2.51 bits per heavy atom. The van der Waals surface area contributed by atoms with Crippen LogP contribution in [0, 0.1) is 17.3 Å². The Morgan fingerprint density at radius 1 is 0.919 bits per heavy atom. The summed E-state index contributed by atoms with van der Waals surface area (Å²) in [5.74, 6) is 2.97. The molecule has 198 valence electrons. The first-order valence-corrected chi connectivity index (χ1v) is 15.6. The molecule has 0 aliphatic heterocycles. The normalized spacial score (nSPS) is 35.4. The van der Waals surface area contributed by atoms with E-state index < -0.39 is 0 Å². The SMILES string of the molecule is CCCC1(C)CC1(C=Cc1ccc2c(c1)C1CCCC1C(Cc1ccccc1)C2C)OC1CCCCC1. The predicted octanol–water partition coefficient (Wildman–Crippen LogP) is 9.86. The third kappa shape index (κ3) is 4.87. The third-order valence-electron chi connectivity index (χ3n) is 10.9. The first-order chi connectivity index (χ1) is 18.0. The zero-order valence-electron chi connectivity index (χ0n) is 23.6. The van der Waals surface area contributed by atoms with Crippen molar-refractivity contribution in [1.82, 2.24) is 0 Å². The molecule has 0 amide bonds. The number of fused-ring (bicyclic) bond motifs is 3. The zero-order valence-corrected chi connectivity index (χ0v) is 23.6. The minimum absolute atomic E-state index is 0.0507. The first-order valence-electron chi connectivity index (χ1n) is 15.6. The van der Waals surface area contributed by atoms with Crippen molar-refractivity contribution in [3.05, 3.63) is 76.9 Å². The van der Waals surface area contributed by atoms with Crippen LogP contribution < -0.4 is 0 Å². The van der Waals surface area contributed by atoms with Crippen LogP contribution in [0.1, 0.15) is 125 Å². The van der Waals surface area contributed by atoms with E-state index in [0.717, 1.165) is 17.8 Å². The van der Waals surface area contributed by atoms with Gasteiger partial charge in [0, 0.05) is 5.41 Å². The molecule has 0 aromatic heterocycles. The zero-order chi connectivity index (χ0) is 25.5. The van der Waals surface area contributed by atoms with Crippen LogP contribution in [-0.2, 0) is 11.2 Å². The molecule has 0 spiro atoms. The molecule has 6 atom stereocenters. The molecule has 2 aromatic rings. The predicted molar refractivity (Wildman–Crippen MR) is 156 cm³/mol. The summed E-state index contributed by atoms with van der Waals surface area (Å²) in [5, 5.41) is 0. The van der Waals surface area contributed by atoms with Gasteiger partial charge in [-0.2, -0.15) is 0 Å². The largest absolute Gasteiger partial charge is 0.367 e. The second kappa shape index (κ2) is 10.4. The molecule has 0 heterocycles. The van der Waals surface area contributed by atoms with Gasteiger partial charge in [-0.1, -0.05) is 114 Å². The fourth-order valence-corrected chi connectivity index (χ4v) is 8.72. The van der Waals surface area contributed by atoms with E-state index in [0.29, 0.717) is 17.4 Å². The van der Waals surface area contributed by atoms with Crippen molar-refractivity contribution in [2.24, 2.45) is 17.3 Å².